The normalized spacial score (nSPS) is 10.8. The van der Waals surface area contributed by atoms with Gasteiger partial charge in [-0.1, -0.05) is 72.3 Å². The van der Waals surface area contributed by atoms with Gasteiger partial charge in [-0.2, -0.15) is 5.26 Å². The summed E-state index contributed by atoms with van der Waals surface area (Å²) in [5.74, 6) is 0. The minimum Gasteiger partial charge on any atom is -0.397 e. The fourth-order valence-electron chi connectivity index (χ4n) is 3.70. The fourth-order valence-corrected chi connectivity index (χ4v) is 3.70. The van der Waals surface area contributed by atoms with E-state index >= 15 is 0 Å². The molecule has 132 valence electrons. The summed E-state index contributed by atoms with van der Waals surface area (Å²) in [6.07, 6.45) is 0.708. The summed E-state index contributed by atoms with van der Waals surface area (Å²) in [5.41, 5.74) is 12.2. The molecule has 4 aromatic rings. The molecule has 4 rings (SSSR count). The summed E-state index contributed by atoms with van der Waals surface area (Å²) in [7, 11) is 0. The number of rotatable bonds is 4. The van der Waals surface area contributed by atoms with E-state index in [1.807, 2.05) is 6.07 Å². The van der Waals surface area contributed by atoms with Gasteiger partial charge in [-0.3, -0.25) is 0 Å². The van der Waals surface area contributed by atoms with Crippen LogP contribution in [0.4, 0.5) is 5.69 Å². The van der Waals surface area contributed by atoms with Gasteiger partial charge >= 0.3 is 0 Å². The number of nitrogens with zero attached hydrogens (tertiary/aromatic N) is 2. The topological polar surface area (TPSA) is 54.7 Å². The van der Waals surface area contributed by atoms with Gasteiger partial charge in [-0.15, -0.1) is 0 Å². The highest BCUT2D eigenvalue weighted by atomic mass is 15.0. The Morgan fingerprint density at radius 3 is 2.56 bits per heavy atom. The second-order valence-electron chi connectivity index (χ2n) is 6.93. The number of aryl methyl sites for hydroxylation is 1. The molecule has 3 nitrogen and oxygen atoms in total. The fraction of sp³-hybridized carbons (Fsp3) is 0.125. The number of hydrogen-bond acceptors (Lipinski definition) is 2. The monoisotopic (exact) mass is 351 g/mol. The Morgan fingerprint density at radius 2 is 1.74 bits per heavy atom. The number of nitrogens with two attached hydrogens (primary N) is 1. The largest absolute Gasteiger partial charge is 0.397 e. The van der Waals surface area contributed by atoms with E-state index in [9.17, 15) is 5.26 Å². The van der Waals surface area contributed by atoms with E-state index in [0.29, 0.717) is 24.3 Å². The number of hydrogen-bond donors (Lipinski definition) is 1. The summed E-state index contributed by atoms with van der Waals surface area (Å²) in [6.45, 7) is 2.71. The number of aromatic nitrogens is 1. The Kier molecular flexibility index (Phi) is 4.40. The second-order valence-corrected chi connectivity index (χ2v) is 6.93. The van der Waals surface area contributed by atoms with E-state index in [-0.39, 0.29) is 0 Å². The van der Waals surface area contributed by atoms with Crippen molar-refractivity contribution >= 4 is 16.5 Å². The van der Waals surface area contributed by atoms with Crippen molar-refractivity contribution in [1.29, 1.82) is 5.26 Å². The highest BCUT2D eigenvalue weighted by molar-refractivity contribution is 5.85. The molecule has 27 heavy (non-hydrogen) atoms. The van der Waals surface area contributed by atoms with Crippen molar-refractivity contribution in [1.82, 2.24) is 4.57 Å². The quantitative estimate of drug-likeness (QED) is 0.560. The molecule has 0 saturated heterocycles. The number of fused-ring (bicyclic) bond motifs is 1. The van der Waals surface area contributed by atoms with Crippen molar-refractivity contribution in [3.05, 3.63) is 101 Å². The van der Waals surface area contributed by atoms with Gasteiger partial charge < -0.3 is 10.3 Å². The van der Waals surface area contributed by atoms with Crippen molar-refractivity contribution in [2.24, 2.45) is 0 Å². The SMILES string of the molecule is Cc1cccc(Cc2c(N)cc(C#N)n2Cc2cccc3ccccc23)c1. The molecule has 3 aromatic carbocycles. The van der Waals surface area contributed by atoms with Crippen LogP contribution in [0.2, 0.25) is 0 Å². The third-order valence-electron chi connectivity index (χ3n) is 5.02. The number of nitriles is 1. The van der Waals surface area contributed by atoms with Crippen molar-refractivity contribution in [3.8, 4) is 6.07 Å². The van der Waals surface area contributed by atoms with E-state index in [1.165, 1.54) is 27.5 Å². The molecule has 0 fully saturated rings. The predicted molar refractivity (Wildman–Crippen MR) is 111 cm³/mol. The number of anilines is 1. The third-order valence-corrected chi connectivity index (χ3v) is 5.02. The predicted octanol–water partition coefficient (Wildman–Crippen LogP) is 5.04. The molecule has 0 atom stereocenters. The van der Waals surface area contributed by atoms with E-state index < -0.39 is 0 Å². The number of nitrogen functional groups attached to an aromatic ring is 1. The molecule has 0 amide bonds. The van der Waals surface area contributed by atoms with Crippen LogP contribution in [0.5, 0.6) is 0 Å². The highest BCUT2D eigenvalue weighted by Crippen LogP contribution is 2.26. The van der Waals surface area contributed by atoms with Crippen LogP contribution < -0.4 is 5.73 Å². The average molecular weight is 351 g/mol. The maximum Gasteiger partial charge on any atom is 0.122 e. The van der Waals surface area contributed by atoms with Crippen LogP contribution in [-0.4, -0.2) is 4.57 Å². The standard InChI is InChI=1S/C24H21N3/c1-17-6-4-7-18(12-17)13-24-23(26)14-21(15-25)27(24)16-20-10-5-9-19-8-2-3-11-22(19)20/h2-12,14H,13,16,26H2,1H3. The first-order valence-corrected chi connectivity index (χ1v) is 9.06. The number of benzene rings is 3. The zero-order valence-electron chi connectivity index (χ0n) is 15.3. The van der Waals surface area contributed by atoms with Crippen LogP contribution in [0.1, 0.15) is 28.1 Å². The van der Waals surface area contributed by atoms with Crippen LogP contribution in [0.15, 0.2) is 72.8 Å². The maximum atomic E-state index is 9.63. The molecule has 0 aliphatic heterocycles. The Bertz CT molecular complexity index is 1160. The van der Waals surface area contributed by atoms with Crippen molar-refractivity contribution in [2.45, 2.75) is 19.9 Å². The molecule has 0 spiro atoms. The van der Waals surface area contributed by atoms with Gasteiger partial charge in [0.2, 0.25) is 0 Å². The van der Waals surface area contributed by atoms with Gasteiger partial charge in [0.25, 0.3) is 0 Å². The lowest BCUT2D eigenvalue weighted by Gasteiger charge is -2.14. The summed E-state index contributed by atoms with van der Waals surface area (Å²) in [5, 5.41) is 12.0. The summed E-state index contributed by atoms with van der Waals surface area (Å²) in [4.78, 5) is 0. The summed E-state index contributed by atoms with van der Waals surface area (Å²) < 4.78 is 2.05. The molecule has 0 saturated carbocycles. The Morgan fingerprint density at radius 1 is 0.963 bits per heavy atom. The van der Waals surface area contributed by atoms with Crippen molar-refractivity contribution in [2.75, 3.05) is 5.73 Å². The highest BCUT2D eigenvalue weighted by Gasteiger charge is 2.15. The zero-order chi connectivity index (χ0) is 18.8. The molecule has 1 heterocycles. The van der Waals surface area contributed by atoms with Crippen LogP contribution in [0, 0.1) is 18.3 Å². The minimum atomic E-state index is 0.600. The third kappa shape index (κ3) is 3.30. The van der Waals surface area contributed by atoms with E-state index in [2.05, 4.69) is 78.2 Å². The van der Waals surface area contributed by atoms with Crippen LogP contribution in [0.3, 0.4) is 0 Å². The van der Waals surface area contributed by atoms with Crippen LogP contribution in [-0.2, 0) is 13.0 Å². The molecular formula is C24H21N3. The smallest absolute Gasteiger partial charge is 0.122 e. The minimum absolute atomic E-state index is 0.600. The second kappa shape index (κ2) is 7.01. The molecule has 0 bridgehead atoms. The van der Waals surface area contributed by atoms with E-state index in [0.717, 1.165) is 5.69 Å². The maximum absolute atomic E-state index is 9.63. The molecule has 0 aliphatic rings. The lowest BCUT2D eigenvalue weighted by Crippen LogP contribution is -2.09. The summed E-state index contributed by atoms with van der Waals surface area (Å²) in [6, 6.07) is 27.1. The van der Waals surface area contributed by atoms with Gasteiger partial charge in [0.05, 0.1) is 5.69 Å². The van der Waals surface area contributed by atoms with Gasteiger partial charge in [0.1, 0.15) is 11.8 Å². The van der Waals surface area contributed by atoms with Crippen molar-refractivity contribution < 1.29 is 0 Å². The molecule has 0 unspecified atom stereocenters. The lowest BCUT2D eigenvalue weighted by atomic mass is 10.0. The van der Waals surface area contributed by atoms with Crippen LogP contribution >= 0.6 is 0 Å². The van der Waals surface area contributed by atoms with Gasteiger partial charge in [-0.25, -0.2) is 0 Å². The average Bonchev–Trinajstić information content (AvgIpc) is 2.97. The molecular weight excluding hydrogens is 330 g/mol. The first-order valence-electron chi connectivity index (χ1n) is 9.06. The van der Waals surface area contributed by atoms with E-state index in [1.54, 1.807) is 6.07 Å². The molecule has 0 radical (unpaired) electrons. The zero-order valence-corrected chi connectivity index (χ0v) is 15.3. The van der Waals surface area contributed by atoms with Crippen LogP contribution in [0.25, 0.3) is 10.8 Å². The Balaban J connectivity index is 1.79. The molecule has 3 heteroatoms. The Hall–Kier alpha value is -3.51. The Labute approximate surface area is 159 Å². The molecule has 1 aromatic heterocycles. The van der Waals surface area contributed by atoms with Gasteiger partial charge in [0.15, 0.2) is 0 Å². The van der Waals surface area contributed by atoms with Gasteiger partial charge in [0, 0.05) is 18.7 Å². The molecule has 0 aliphatic carbocycles. The lowest BCUT2D eigenvalue weighted by molar-refractivity contribution is 0.753. The first-order chi connectivity index (χ1) is 13.2. The van der Waals surface area contributed by atoms with Gasteiger partial charge in [-0.05, 0) is 34.9 Å². The van der Waals surface area contributed by atoms with Crippen molar-refractivity contribution in [3.63, 3.8) is 0 Å². The first kappa shape index (κ1) is 16.9. The molecule has 2 N–H and O–H groups in total. The summed E-state index contributed by atoms with van der Waals surface area (Å²) >= 11 is 0. The van der Waals surface area contributed by atoms with E-state index in [4.69, 9.17) is 5.73 Å².